The summed E-state index contributed by atoms with van der Waals surface area (Å²) in [5.41, 5.74) is -0.710. The van der Waals surface area contributed by atoms with Gasteiger partial charge < -0.3 is 5.32 Å². The van der Waals surface area contributed by atoms with Crippen LogP contribution in [0.15, 0.2) is 12.1 Å². The highest BCUT2D eigenvalue weighted by Crippen LogP contribution is 2.30. The predicted molar refractivity (Wildman–Crippen MR) is 73.3 cm³/mol. The molecule has 1 aliphatic carbocycles. The number of rotatable bonds is 4. The Morgan fingerprint density at radius 2 is 1.95 bits per heavy atom. The molecule has 0 saturated heterocycles. The van der Waals surface area contributed by atoms with Crippen molar-refractivity contribution in [2.75, 3.05) is 5.75 Å². The van der Waals surface area contributed by atoms with Crippen molar-refractivity contribution in [1.29, 1.82) is 0 Å². The molecule has 20 heavy (non-hydrogen) atoms. The van der Waals surface area contributed by atoms with Crippen molar-refractivity contribution in [3.8, 4) is 0 Å². The Bertz CT molecular complexity index is 486. The molecule has 2 nitrogen and oxygen atoms in total. The van der Waals surface area contributed by atoms with Crippen molar-refractivity contribution >= 4 is 17.7 Å². The summed E-state index contributed by atoms with van der Waals surface area (Å²) in [6.45, 7) is 2.03. The lowest BCUT2D eigenvalue weighted by atomic mass is 10.1. The molecule has 1 aromatic rings. The monoisotopic (exact) mass is 303 g/mol. The molecule has 2 atom stereocenters. The highest BCUT2D eigenvalue weighted by atomic mass is 32.2. The van der Waals surface area contributed by atoms with Crippen LogP contribution in [0.4, 0.5) is 13.2 Å². The van der Waals surface area contributed by atoms with Gasteiger partial charge in [-0.25, -0.2) is 13.2 Å². The Kier molecular flexibility index (Phi) is 4.96. The van der Waals surface area contributed by atoms with Crippen molar-refractivity contribution in [2.45, 2.75) is 37.5 Å². The third-order valence-electron chi connectivity index (χ3n) is 3.38. The molecule has 0 bridgehead atoms. The first-order chi connectivity index (χ1) is 9.52. The fraction of sp³-hybridized carbons (Fsp3) is 0.500. The minimum atomic E-state index is -1.17. The number of halogens is 3. The summed E-state index contributed by atoms with van der Waals surface area (Å²) >= 11 is 1.73. The van der Waals surface area contributed by atoms with Crippen LogP contribution in [0.2, 0.25) is 0 Å². The lowest BCUT2D eigenvalue weighted by Crippen LogP contribution is -2.39. The van der Waals surface area contributed by atoms with E-state index in [1.165, 1.54) is 0 Å². The maximum absolute atomic E-state index is 13.5. The van der Waals surface area contributed by atoms with Gasteiger partial charge in [0.05, 0.1) is 0 Å². The van der Waals surface area contributed by atoms with Crippen LogP contribution in [0, 0.1) is 17.5 Å². The summed E-state index contributed by atoms with van der Waals surface area (Å²) in [6.07, 6.45) is 2.77. The molecule has 0 unspecified atom stereocenters. The summed E-state index contributed by atoms with van der Waals surface area (Å²) in [6, 6.07) is 0.951. The largest absolute Gasteiger partial charge is 0.348 e. The molecule has 1 saturated carbocycles. The summed E-state index contributed by atoms with van der Waals surface area (Å²) in [4.78, 5) is 12.0. The lowest BCUT2D eigenvalue weighted by Gasteiger charge is -2.20. The van der Waals surface area contributed by atoms with E-state index in [1.54, 1.807) is 11.8 Å². The lowest BCUT2D eigenvalue weighted by molar-refractivity contribution is 0.0930. The molecular weight excluding hydrogens is 287 g/mol. The number of benzene rings is 1. The van der Waals surface area contributed by atoms with E-state index in [4.69, 9.17) is 0 Å². The number of nitrogens with one attached hydrogen (secondary N) is 1. The predicted octanol–water partition coefficient (Wildman–Crippen LogP) is 3.51. The van der Waals surface area contributed by atoms with Gasteiger partial charge in [-0.3, -0.25) is 4.79 Å². The van der Waals surface area contributed by atoms with E-state index < -0.39 is 28.9 Å². The van der Waals surface area contributed by atoms with Crippen LogP contribution in [0.1, 0.15) is 36.5 Å². The van der Waals surface area contributed by atoms with E-state index >= 15 is 0 Å². The van der Waals surface area contributed by atoms with Crippen LogP contribution >= 0.6 is 11.8 Å². The smallest absolute Gasteiger partial charge is 0.257 e. The fourth-order valence-corrected chi connectivity index (χ4v) is 3.70. The molecule has 110 valence electrons. The number of hydrogen-bond donors (Lipinski definition) is 1. The zero-order chi connectivity index (χ0) is 14.7. The Balaban J connectivity index is 2.12. The second-order valence-electron chi connectivity index (χ2n) is 4.75. The van der Waals surface area contributed by atoms with Gasteiger partial charge in [0.2, 0.25) is 0 Å². The number of amides is 1. The van der Waals surface area contributed by atoms with Crippen molar-refractivity contribution in [3.63, 3.8) is 0 Å². The molecule has 1 aliphatic rings. The quantitative estimate of drug-likeness (QED) is 0.922. The van der Waals surface area contributed by atoms with Crippen LogP contribution in [0.3, 0.4) is 0 Å². The molecule has 1 fully saturated rings. The minimum Gasteiger partial charge on any atom is -0.348 e. The van der Waals surface area contributed by atoms with Crippen molar-refractivity contribution < 1.29 is 18.0 Å². The zero-order valence-electron chi connectivity index (χ0n) is 11.1. The number of thioether (sulfide) groups is 1. The van der Waals surface area contributed by atoms with Gasteiger partial charge in [-0.1, -0.05) is 13.3 Å². The maximum atomic E-state index is 13.5. The van der Waals surface area contributed by atoms with Crippen molar-refractivity contribution in [1.82, 2.24) is 5.32 Å². The molecule has 0 radical (unpaired) electrons. The van der Waals surface area contributed by atoms with Gasteiger partial charge in [-0.2, -0.15) is 11.8 Å². The molecule has 1 amide bonds. The number of carbonyl (C=O) groups is 1. The van der Waals surface area contributed by atoms with Gasteiger partial charge in [0.15, 0.2) is 0 Å². The molecule has 0 aliphatic heterocycles. The number of hydrogen-bond acceptors (Lipinski definition) is 2. The zero-order valence-corrected chi connectivity index (χ0v) is 11.9. The number of carbonyl (C=O) groups excluding carboxylic acids is 1. The Morgan fingerprint density at radius 3 is 2.55 bits per heavy atom. The van der Waals surface area contributed by atoms with Crippen LogP contribution in [0.5, 0.6) is 0 Å². The summed E-state index contributed by atoms with van der Waals surface area (Å²) in [5, 5.41) is 2.94. The van der Waals surface area contributed by atoms with Crippen molar-refractivity contribution in [3.05, 3.63) is 35.1 Å². The third kappa shape index (κ3) is 3.29. The topological polar surface area (TPSA) is 29.1 Å². The third-order valence-corrected chi connectivity index (χ3v) is 4.71. The van der Waals surface area contributed by atoms with E-state index in [0.717, 1.165) is 25.0 Å². The van der Waals surface area contributed by atoms with Crippen molar-refractivity contribution in [2.24, 2.45) is 0 Å². The average molecular weight is 303 g/mol. The SMILES string of the molecule is CCS[C@H]1CCC[C@@H]1NC(=O)c1c(F)cc(F)cc1F. The van der Waals surface area contributed by atoms with Crippen LogP contribution in [-0.2, 0) is 0 Å². The molecule has 6 heteroatoms. The molecule has 2 rings (SSSR count). The van der Waals surface area contributed by atoms with Gasteiger partial charge in [0, 0.05) is 23.4 Å². The van der Waals surface area contributed by atoms with Crippen LogP contribution in [-0.4, -0.2) is 23.0 Å². The molecule has 1 aromatic carbocycles. The molecule has 1 N–H and O–H groups in total. The first-order valence-electron chi connectivity index (χ1n) is 6.60. The first kappa shape index (κ1) is 15.2. The van der Waals surface area contributed by atoms with E-state index in [2.05, 4.69) is 5.32 Å². The average Bonchev–Trinajstić information content (AvgIpc) is 2.75. The highest BCUT2D eigenvalue weighted by Gasteiger charge is 2.30. The molecule has 0 aromatic heterocycles. The molecule has 0 heterocycles. The van der Waals surface area contributed by atoms with Crippen LogP contribution in [0.25, 0.3) is 0 Å². The Hall–Kier alpha value is -1.17. The van der Waals surface area contributed by atoms with E-state index in [0.29, 0.717) is 12.1 Å². The summed E-state index contributed by atoms with van der Waals surface area (Å²) in [5.74, 6) is -3.25. The van der Waals surface area contributed by atoms with Gasteiger partial charge in [-0.15, -0.1) is 0 Å². The first-order valence-corrected chi connectivity index (χ1v) is 7.64. The van der Waals surface area contributed by atoms with Gasteiger partial charge >= 0.3 is 0 Å². The van der Waals surface area contributed by atoms with E-state index in [-0.39, 0.29) is 11.3 Å². The molecule has 0 spiro atoms. The minimum absolute atomic E-state index is 0.0868. The van der Waals surface area contributed by atoms with Gasteiger partial charge in [0.25, 0.3) is 5.91 Å². The Morgan fingerprint density at radius 1 is 1.30 bits per heavy atom. The summed E-state index contributed by atoms with van der Waals surface area (Å²) < 4.78 is 39.9. The fourth-order valence-electron chi connectivity index (χ4n) is 2.50. The van der Waals surface area contributed by atoms with Gasteiger partial charge in [-0.05, 0) is 18.6 Å². The normalized spacial score (nSPS) is 22.0. The second kappa shape index (κ2) is 6.52. The van der Waals surface area contributed by atoms with E-state index in [1.807, 2.05) is 6.92 Å². The summed E-state index contributed by atoms with van der Waals surface area (Å²) in [7, 11) is 0. The highest BCUT2D eigenvalue weighted by molar-refractivity contribution is 7.99. The second-order valence-corrected chi connectivity index (χ2v) is 6.27. The standard InChI is InChI=1S/C14H16F3NOS/c1-2-20-12-5-3-4-11(12)18-14(19)13-9(16)6-8(15)7-10(13)17/h6-7,11-12H,2-5H2,1H3,(H,18,19)/t11-,12-/m0/s1. The van der Waals surface area contributed by atoms with E-state index in [9.17, 15) is 18.0 Å². The Labute approximate surface area is 120 Å². The molecular formula is C14H16F3NOS. The maximum Gasteiger partial charge on any atom is 0.257 e. The van der Waals surface area contributed by atoms with Gasteiger partial charge in [0.1, 0.15) is 23.0 Å². The van der Waals surface area contributed by atoms with Crippen LogP contribution < -0.4 is 5.32 Å².